The molecule has 0 saturated carbocycles. The number of rotatable bonds is 4. The molecule has 3 rings (SSSR count). The molecule has 0 amide bonds. The van der Waals surface area contributed by atoms with E-state index in [1.807, 2.05) is 13.8 Å². The van der Waals surface area contributed by atoms with Gasteiger partial charge in [0.15, 0.2) is 5.16 Å². The van der Waals surface area contributed by atoms with E-state index in [-0.39, 0.29) is 5.56 Å². The first-order chi connectivity index (χ1) is 10.1. The lowest BCUT2D eigenvalue weighted by atomic mass is 10.0. The van der Waals surface area contributed by atoms with Crippen molar-refractivity contribution in [1.29, 1.82) is 0 Å². The Bertz CT molecular complexity index is 686. The Labute approximate surface area is 132 Å². The smallest absolute Gasteiger partial charge is 0.260 e. The number of hydrogen-bond acceptors (Lipinski definition) is 5. The van der Waals surface area contributed by atoms with Gasteiger partial charge in [-0.3, -0.25) is 4.79 Å². The molecule has 0 radical (unpaired) electrons. The van der Waals surface area contributed by atoms with Crippen LogP contribution in [0.25, 0.3) is 10.2 Å². The maximum atomic E-state index is 12.2. The van der Waals surface area contributed by atoms with Gasteiger partial charge in [0.05, 0.1) is 5.39 Å². The van der Waals surface area contributed by atoms with Crippen LogP contribution >= 0.6 is 23.1 Å². The zero-order chi connectivity index (χ0) is 14.8. The van der Waals surface area contributed by atoms with Crippen LogP contribution in [0.5, 0.6) is 0 Å². The lowest BCUT2D eigenvalue weighted by Gasteiger charge is -2.22. The fourth-order valence-corrected chi connectivity index (χ4v) is 4.78. The van der Waals surface area contributed by atoms with Crippen LogP contribution in [0.4, 0.5) is 0 Å². The molecule has 1 atom stereocenters. The van der Waals surface area contributed by atoms with E-state index in [2.05, 4.69) is 15.3 Å². The zero-order valence-electron chi connectivity index (χ0n) is 12.5. The summed E-state index contributed by atoms with van der Waals surface area (Å²) in [6, 6.07) is 0.632. The second-order valence-corrected chi connectivity index (χ2v) is 7.91. The third-order valence-electron chi connectivity index (χ3n) is 4.13. The van der Waals surface area contributed by atoms with Gasteiger partial charge in [0.2, 0.25) is 0 Å². The Morgan fingerprint density at radius 3 is 3.00 bits per heavy atom. The van der Waals surface area contributed by atoms with Crippen LogP contribution < -0.4 is 10.9 Å². The van der Waals surface area contributed by atoms with Crippen LogP contribution in [0.1, 0.15) is 36.1 Å². The van der Waals surface area contributed by atoms with Crippen LogP contribution in [0.15, 0.2) is 9.95 Å². The Morgan fingerprint density at radius 2 is 2.24 bits per heavy atom. The van der Waals surface area contributed by atoms with Gasteiger partial charge in [-0.2, -0.15) is 0 Å². The molecule has 1 aliphatic rings. The highest BCUT2D eigenvalue weighted by atomic mass is 32.2. The van der Waals surface area contributed by atoms with E-state index >= 15 is 0 Å². The zero-order valence-corrected chi connectivity index (χ0v) is 14.1. The number of aryl methyl sites for hydroxylation is 2. The standard InChI is InChI=1S/C15H21N3OS2/c1-9-10(2)21-14-12(9)13(19)17-15(18-14)20-8-6-11-5-3-4-7-16-11/h11,16H,3-8H2,1-2H3,(H,17,18,19). The van der Waals surface area contributed by atoms with Crippen LogP contribution in [0.3, 0.4) is 0 Å². The summed E-state index contributed by atoms with van der Waals surface area (Å²) in [6.45, 7) is 5.18. The predicted molar refractivity (Wildman–Crippen MR) is 90.7 cm³/mol. The minimum absolute atomic E-state index is 0.000131. The third kappa shape index (κ3) is 3.33. The van der Waals surface area contributed by atoms with E-state index in [1.54, 1.807) is 23.1 Å². The van der Waals surface area contributed by atoms with Gasteiger partial charge in [0.25, 0.3) is 5.56 Å². The molecule has 0 aromatic carbocycles. The molecule has 1 saturated heterocycles. The molecule has 0 bridgehead atoms. The van der Waals surface area contributed by atoms with Crippen molar-refractivity contribution >= 4 is 33.3 Å². The van der Waals surface area contributed by atoms with Crippen LogP contribution in [0.2, 0.25) is 0 Å². The molecule has 114 valence electrons. The first-order valence-corrected chi connectivity index (χ1v) is 9.31. The summed E-state index contributed by atoms with van der Waals surface area (Å²) in [5, 5.41) is 5.07. The largest absolute Gasteiger partial charge is 0.314 e. The maximum Gasteiger partial charge on any atom is 0.260 e. The fraction of sp³-hybridized carbons (Fsp3) is 0.600. The number of piperidine rings is 1. The van der Waals surface area contributed by atoms with Gasteiger partial charge in [-0.15, -0.1) is 11.3 Å². The van der Waals surface area contributed by atoms with E-state index in [4.69, 9.17) is 0 Å². The molecule has 3 heterocycles. The van der Waals surface area contributed by atoms with Crippen molar-refractivity contribution in [3.63, 3.8) is 0 Å². The Kier molecular flexibility index (Phi) is 4.66. The topological polar surface area (TPSA) is 57.8 Å². The summed E-state index contributed by atoms with van der Waals surface area (Å²) in [4.78, 5) is 21.8. The van der Waals surface area contributed by atoms with Gasteiger partial charge in [-0.25, -0.2) is 4.98 Å². The number of thiophene rings is 1. The highest BCUT2D eigenvalue weighted by Crippen LogP contribution is 2.27. The molecule has 1 aliphatic heterocycles. The Hall–Kier alpha value is -0.850. The van der Waals surface area contributed by atoms with Crippen LogP contribution in [0, 0.1) is 13.8 Å². The lowest BCUT2D eigenvalue weighted by Crippen LogP contribution is -2.34. The summed E-state index contributed by atoms with van der Waals surface area (Å²) in [5.41, 5.74) is 1.06. The average Bonchev–Trinajstić information content (AvgIpc) is 2.75. The monoisotopic (exact) mass is 323 g/mol. The Balaban J connectivity index is 1.68. The van der Waals surface area contributed by atoms with Gasteiger partial charge < -0.3 is 10.3 Å². The number of H-pyrrole nitrogens is 1. The highest BCUT2D eigenvalue weighted by molar-refractivity contribution is 7.99. The number of aromatic nitrogens is 2. The molecule has 0 aliphatic carbocycles. The molecule has 1 fully saturated rings. The van der Waals surface area contributed by atoms with Gasteiger partial charge >= 0.3 is 0 Å². The first kappa shape index (κ1) is 15.1. The molecular formula is C15H21N3OS2. The summed E-state index contributed by atoms with van der Waals surface area (Å²) < 4.78 is 0. The highest BCUT2D eigenvalue weighted by Gasteiger charge is 2.14. The minimum Gasteiger partial charge on any atom is -0.314 e. The molecule has 0 spiro atoms. The molecule has 1 unspecified atom stereocenters. The van der Waals surface area contributed by atoms with E-state index < -0.39 is 0 Å². The van der Waals surface area contributed by atoms with Crippen LogP contribution in [-0.2, 0) is 0 Å². The molecule has 2 aromatic rings. The number of thioether (sulfide) groups is 1. The number of aromatic amines is 1. The molecular weight excluding hydrogens is 302 g/mol. The third-order valence-corrected chi connectivity index (χ3v) is 6.14. The summed E-state index contributed by atoms with van der Waals surface area (Å²) in [6.07, 6.45) is 5.03. The summed E-state index contributed by atoms with van der Waals surface area (Å²) >= 11 is 3.27. The van der Waals surface area contributed by atoms with E-state index in [9.17, 15) is 4.79 Å². The molecule has 2 aromatic heterocycles. The van der Waals surface area contributed by atoms with E-state index in [0.717, 1.165) is 39.7 Å². The second-order valence-electron chi connectivity index (χ2n) is 5.62. The fourth-order valence-electron chi connectivity index (χ4n) is 2.77. The normalized spacial score (nSPS) is 19.2. The number of nitrogens with zero attached hydrogens (tertiary/aromatic N) is 1. The summed E-state index contributed by atoms with van der Waals surface area (Å²) in [5.74, 6) is 0.995. The van der Waals surface area contributed by atoms with Crippen molar-refractivity contribution in [2.24, 2.45) is 0 Å². The quantitative estimate of drug-likeness (QED) is 0.670. The first-order valence-electron chi connectivity index (χ1n) is 7.51. The van der Waals surface area contributed by atoms with Crippen molar-refractivity contribution in [1.82, 2.24) is 15.3 Å². The van der Waals surface area contributed by atoms with Gasteiger partial charge in [-0.05, 0) is 45.2 Å². The van der Waals surface area contributed by atoms with E-state index in [1.165, 1.54) is 24.1 Å². The molecule has 2 N–H and O–H groups in total. The number of hydrogen-bond donors (Lipinski definition) is 2. The van der Waals surface area contributed by atoms with Crippen molar-refractivity contribution in [2.45, 2.75) is 50.7 Å². The number of fused-ring (bicyclic) bond motifs is 1. The summed E-state index contributed by atoms with van der Waals surface area (Å²) in [7, 11) is 0. The number of nitrogens with one attached hydrogen (secondary N) is 2. The Morgan fingerprint density at radius 1 is 1.38 bits per heavy atom. The van der Waals surface area contributed by atoms with Gasteiger partial charge in [0.1, 0.15) is 4.83 Å². The van der Waals surface area contributed by atoms with E-state index in [0.29, 0.717) is 6.04 Å². The van der Waals surface area contributed by atoms with Crippen molar-refractivity contribution < 1.29 is 0 Å². The minimum atomic E-state index is 0.000131. The van der Waals surface area contributed by atoms with Crippen molar-refractivity contribution in [2.75, 3.05) is 12.3 Å². The SMILES string of the molecule is Cc1sc2nc(SCCC3CCCCN3)[nH]c(=O)c2c1C. The second kappa shape index (κ2) is 6.50. The molecule has 21 heavy (non-hydrogen) atoms. The maximum absolute atomic E-state index is 12.2. The molecule has 4 nitrogen and oxygen atoms in total. The van der Waals surface area contributed by atoms with Gasteiger partial charge in [-0.1, -0.05) is 18.2 Å². The molecule has 6 heteroatoms. The van der Waals surface area contributed by atoms with Crippen LogP contribution in [-0.4, -0.2) is 28.3 Å². The average molecular weight is 323 g/mol. The van der Waals surface area contributed by atoms with Gasteiger partial charge in [0, 0.05) is 16.7 Å². The lowest BCUT2D eigenvalue weighted by molar-refractivity contribution is 0.394. The van der Waals surface area contributed by atoms with Crippen molar-refractivity contribution in [3.05, 3.63) is 20.8 Å². The van der Waals surface area contributed by atoms with Crippen molar-refractivity contribution in [3.8, 4) is 0 Å². The predicted octanol–water partition coefficient (Wildman–Crippen LogP) is 3.23.